The lowest BCUT2D eigenvalue weighted by Gasteiger charge is -2.15. The molecule has 0 saturated heterocycles. The van der Waals surface area contributed by atoms with Gasteiger partial charge in [0.2, 0.25) is 0 Å². The van der Waals surface area contributed by atoms with E-state index in [2.05, 4.69) is 23.9 Å². The van der Waals surface area contributed by atoms with Crippen molar-refractivity contribution in [2.24, 2.45) is 0 Å². The maximum atomic E-state index is 8.94. The lowest BCUT2D eigenvalue weighted by Crippen LogP contribution is -2.02. The van der Waals surface area contributed by atoms with Gasteiger partial charge >= 0.3 is 0 Å². The molecule has 16 heavy (non-hydrogen) atoms. The van der Waals surface area contributed by atoms with Crippen molar-refractivity contribution < 1.29 is 10.1 Å². The second-order valence-electron chi connectivity index (χ2n) is 3.80. The molecule has 0 spiro atoms. The van der Waals surface area contributed by atoms with Crippen LogP contribution < -0.4 is 0 Å². The molecule has 0 aliphatic carbocycles. The quantitative estimate of drug-likeness (QED) is 0.617. The molecule has 1 N–H and O–H groups in total. The average molecular weight is 215 g/mol. The predicted octanol–water partition coefficient (Wildman–Crippen LogP) is 3.98. The molecule has 83 valence electrons. The molecule has 2 heteroatoms. The molecule has 1 unspecified atom stereocenters. The summed E-state index contributed by atoms with van der Waals surface area (Å²) in [6.07, 6.45) is 1.16. The van der Waals surface area contributed by atoms with Crippen molar-refractivity contribution in [2.75, 3.05) is 0 Å². The van der Waals surface area contributed by atoms with Gasteiger partial charge in [-0.05, 0) is 22.8 Å². The highest BCUT2D eigenvalue weighted by Crippen LogP contribution is 2.28. The topological polar surface area (TPSA) is 29.5 Å². The van der Waals surface area contributed by atoms with E-state index in [1.807, 2.05) is 30.3 Å². The summed E-state index contributed by atoms with van der Waals surface area (Å²) in [6, 6.07) is 14.1. The van der Waals surface area contributed by atoms with Crippen molar-refractivity contribution in [3.63, 3.8) is 0 Å². The van der Waals surface area contributed by atoms with Crippen LogP contribution in [0.2, 0.25) is 0 Å². The fourth-order valence-electron chi connectivity index (χ4n) is 1.98. The molecule has 1 radical (unpaired) electrons. The lowest BCUT2D eigenvalue weighted by atomic mass is 9.98. The summed E-state index contributed by atoms with van der Waals surface area (Å²) in [5.74, 6) is 0. The molecule has 0 saturated carbocycles. The number of benzene rings is 2. The van der Waals surface area contributed by atoms with Gasteiger partial charge in [-0.25, -0.2) is 4.89 Å². The molecule has 0 heterocycles. The summed E-state index contributed by atoms with van der Waals surface area (Å²) < 4.78 is 0. The second-order valence-corrected chi connectivity index (χ2v) is 3.80. The molecule has 1 atom stereocenters. The fraction of sp³-hybridized carbons (Fsp3) is 0.214. The zero-order valence-corrected chi connectivity index (χ0v) is 9.10. The molecule has 2 nitrogen and oxygen atoms in total. The molecule has 2 rings (SSSR count). The summed E-state index contributed by atoms with van der Waals surface area (Å²) in [5.41, 5.74) is 1.02. The van der Waals surface area contributed by atoms with E-state index in [0.717, 1.165) is 22.8 Å². The number of fused-ring (bicyclic) bond motifs is 1. The van der Waals surface area contributed by atoms with Crippen molar-refractivity contribution in [3.8, 4) is 0 Å². The van der Waals surface area contributed by atoms with Gasteiger partial charge in [-0.2, -0.15) is 0 Å². The predicted molar refractivity (Wildman–Crippen MR) is 65.0 cm³/mol. The summed E-state index contributed by atoms with van der Waals surface area (Å²) >= 11 is 0. The third-order valence-corrected chi connectivity index (χ3v) is 2.76. The molecule has 0 aliphatic rings. The van der Waals surface area contributed by atoms with E-state index in [1.54, 1.807) is 0 Å². The normalized spacial score (nSPS) is 12.9. The molecule has 0 amide bonds. The number of rotatable bonds is 4. The third kappa shape index (κ3) is 2.08. The highest BCUT2D eigenvalue weighted by Gasteiger charge is 2.13. The van der Waals surface area contributed by atoms with Crippen molar-refractivity contribution in [1.82, 2.24) is 0 Å². The Kier molecular flexibility index (Phi) is 3.54. The maximum absolute atomic E-state index is 8.94. The van der Waals surface area contributed by atoms with Crippen molar-refractivity contribution in [3.05, 3.63) is 55.0 Å². The van der Waals surface area contributed by atoms with Crippen LogP contribution in [0, 0.1) is 6.92 Å². The molecule has 0 aromatic heterocycles. The molecular formula is C14H15O2. The van der Waals surface area contributed by atoms with E-state index < -0.39 is 0 Å². The molecule has 0 aliphatic heterocycles. The molecule has 2 aromatic carbocycles. The van der Waals surface area contributed by atoms with E-state index in [0.29, 0.717) is 6.42 Å². The van der Waals surface area contributed by atoms with E-state index in [-0.39, 0.29) is 6.10 Å². The maximum Gasteiger partial charge on any atom is 0.118 e. The van der Waals surface area contributed by atoms with Crippen LogP contribution in [0.4, 0.5) is 0 Å². The van der Waals surface area contributed by atoms with Crippen molar-refractivity contribution in [1.29, 1.82) is 0 Å². The molecular weight excluding hydrogens is 200 g/mol. The Labute approximate surface area is 95.4 Å². The minimum atomic E-state index is -0.288. The van der Waals surface area contributed by atoms with Gasteiger partial charge in [0.1, 0.15) is 6.10 Å². The van der Waals surface area contributed by atoms with Crippen LogP contribution in [0.5, 0.6) is 0 Å². The van der Waals surface area contributed by atoms with Gasteiger partial charge in [-0.15, -0.1) is 0 Å². The Morgan fingerprint density at radius 3 is 2.62 bits per heavy atom. The van der Waals surface area contributed by atoms with Gasteiger partial charge < -0.3 is 0 Å². The standard InChI is InChI=1S/C14H15O2/c1-2-6-14(16-15)13-10-5-8-11-7-3-4-9-12(11)13/h3-5,7-10,14-15H,1-2,6H2. The van der Waals surface area contributed by atoms with Crippen molar-refractivity contribution in [2.45, 2.75) is 18.9 Å². The fourth-order valence-corrected chi connectivity index (χ4v) is 1.98. The number of hydrogen-bond donors (Lipinski definition) is 1. The van der Waals surface area contributed by atoms with Crippen LogP contribution in [0.15, 0.2) is 42.5 Å². The summed E-state index contributed by atoms with van der Waals surface area (Å²) in [4.78, 5) is 4.54. The van der Waals surface area contributed by atoms with Crippen LogP contribution >= 0.6 is 0 Å². The van der Waals surface area contributed by atoms with Gasteiger partial charge in [0, 0.05) is 0 Å². The van der Waals surface area contributed by atoms with Gasteiger partial charge in [0.05, 0.1) is 0 Å². The lowest BCUT2D eigenvalue weighted by molar-refractivity contribution is -0.282. The van der Waals surface area contributed by atoms with Gasteiger partial charge in [-0.3, -0.25) is 5.26 Å². The van der Waals surface area contributed by atoms with E-state index in [9.17, 15) is 0 Å². The first-order valence-electron chi connectivity index (χ1n) is 5.44. The largest absolute Gasteiger partial charge is 0.251 e. The smallest absolute Gasteiger partial charge is 0.118 e. The highest BCUT2D eigenvalue weighted by atomic mass is 17.1. The summed E-state index contributed by atoms with van der Waals surface area (Å²) in [6.45, 7) is 3.79. The Morgan fingerprint density at radius 1 is 1.12 bits per heavy atom. The minimum absolute atomic E-state index is 0.288. The molecule has 2 aromatic rings. The summed E-state index contributed by atoms with van der Waals surface area (Å²) in [5, 5.41) is 11.2. The second kappa shape index (κ2) is 5.10. The zero-order chi connectivity index (χ0) is 11.4. The van der Waals surface area contributed by atoms with E-state index >= 15 is 0 Å². The van der Waals surface area contributed by atoms with E-state index in [1.165, 1.54) is 0 Å². The Hall–Kier alpha value is -1.38. The van der Waals surface area contributed by atoms with Crippen molar-refractivity contribution >= 4 is 10.8 Å². The average Bonchev–Trinajstić information content (AvgIpc) is 2.35. The van der Waals surface area contributed by atoms with Crippen LogP contribution in [-0.4, -0.2) is 5.26 Å². The monoisotopic (exact) mass is 215 g/mol. The van der Waals surface area contributed by atoms with Crippen LogP contribution in [0.1, 0.15) is 24.5 Å². The molecule has 0 bridgehead atoms. The number of hydrogen-bond acceptors (Lipinski definition) is 2. The van der Waals surface area contributed by atoms with Gasteiger partial charge in [0.25, 0.3) is 0 Å². The van der Waals surface area contributed by atoms with Gasteiger partial charge in [-0.1, -0.05) is 55.8 Å². The Balaban J connectivity index is 2.50. The van der Waals surface area contributed by atoms with E-state index in [4.69, 9.17) is 5.26 Å². The van der Waals surface area contributed by atoms with Crippen LogP contribution in [0.25, 0.3) is 10.8 Å². The first-order valence-corrected chi connectivity index (χ1v) is 5.44. The Bertz CT molecular complexity index is 460. The highest BCUT2D eigenvalue weighted by molar-refractivity contribution is 5.85. The SMILES string of the molecule is [CH2]CCC(OO)c1cccc2ccccc12. The van der Waals surface area contributed by atoms with Crippen LogP contribution in [-0.2, 0) is 4.89 Å². The zero-order valence-electron chi connectivity index (χ0n) is 9.10. The van der Waals surface area contributed by atoms with Gasteiger partial charge in [0.15, 0.2) is 0 Å². The molecule has 0 fully saturated rings. The third-order valence-electron chi connectivity index (χ3n) is 2.76. The van der Waals surface area contributed by atoms with Crippen LogP contribution in [0.3, 0.4) is 0 Å². The first kappa shape index (κ1) is 11.1. The summed E-state index contributed by atoms with van der Waals surface area (Å²) in [7, 11) is 0. The Morgan fingerprint density at radius 2 is 1.88 bits per heavy atom. The first-order chi connectivity index (χ1) is 7.86. The minimum Gasteiger partial charge on any atom is -0.251 e.